The molecule has 0 atom stereocenters. The highest BCUT2D eigenvalue weighted by Crippen LogP contribution is 2.33. The average molecular weight is 393 g/mol. The maximum atomic E-state index is 12.3. The van der Waals surface area contributed by atoms with E-state index in [9.17, 15) is 14.9 Å². The Labute approximate surface area is 166 Å². The molecule has 0 aromatic heterocycles. The number of rotatable bonds is 7. The van der Waals surface area contributed by atoms with Gasteiger partial charge in [0, 0.05) is 17.7 Å². The van der Waals surface area contributed by atoms with Gasteiger partial charge in [0.25, 0.3) is 0 Å². The smallest absolute Gasteiger partial charge is 0.311 e. The quantitative estimate of drug-likeness (QED) is 0.376. The minimum atomic E-state index is -0.561. The van der Waals surface area contributed by atoms with Crippen LogP contribution in [0.5, 0.6) is 11.5 Å². The second-order valence-corrected chi connectivity index (χ2v) is 6.13. The Morgan fingerprint density at radius 1 is 1.10 bits per heavy atom. The topological polar surface area (TPSA) is 103 Å². The fraction of sp³-hybridized carbons (Fsp3) is 0.143. The van der Waals surface area contributed by atoms with Gasteiger partial charge in [-0.2, -0.15) is 5.10 Å². The molecular weight excluding hydrogens is 374 g/mol. The molecule has 0 unspecified atom stereocenters. The van der Waals surface area contributed by atoms with E-state index in [1.165, 1.54) is 32.6 Å². The lowest BCUT2D eigenvalue weighted by atomic mass is 10.0. The van der Waals surface area contributed by atoms with Gasteiger partial charge in [-0.1, -0.05) is 42.5 Å². The van der Waals surface area contributed by atoms with Crippen LogP contribution in [0.1, 0.15) is 11.1 Å². The minimum absolute atomic E-state index is 0.0731. The molecule has 3 aromatic carbocycles. The molecule has 0 aliphatic carbocycles. The molecule has 0 saturated heterocycles. The summed E-state index contributed by atoms with van der Waals surface area (Å²) < 4.78 is 10.2. The second kappa shape index (κ2) is 8.83. The number of nitrogens with one attached hydrogen (secondary N) is 1. The zero-order valence-corrected chi connectivity index (χ0v) is 15.9. The van der Waals surface area contributed by atoms with Crippen molar-refractivity contribution < 1.29 is 19.2 Å². The maximum Gasteiger partial charge on any atom is 0.311 e. The van der Waals surface area contributed by atoms with Gasteiger partial charge in [-0.3, -0.25) is 14.9 Å². The summed E-state index contributed by atoms with van der Waals surface area (Å²) in [5.41, 5.74) is 3.44. The van der Waals surface area contributed by atoms with Crippen LogP contribution in [0.4, 0.5) is 5.69 Å². The Kier molecular flexibility index (Phi) is 6.03. The Balaban J connectivity index is 1.76. The van der Waals surface area contributed by atoms with Crippen molar-refractivity contribution in [1.82, 2.24) is 5.43 Å². The molecule has 3 aromatic rings. The van der Waals surface area contributed by atoms with Crippen LogP contribution in [0.2, 0.25) is 0 Å². The van der Waals surface area contributed by atoms with E-state index in [1.807, 2.05) is 42.5 Å². The first-order chi connectivity index (χ1) is 14.0. The Bertz CT molecular complexity index is 1090. The van der Waals surface area contributed by atoms with Crippen molar-refractivity contribution in [3.05, 3.63) is 75.8 Å². The van der Waals surface area contributed by atoms with Crippen LogP contribution in [0.15, 0.2) is 59.7 Å². The van der Waals surface area contributed by atoms with Crippen molar-refractivity contribution in [2.45, 2.75) is 6.42 Å². The van der Waals surface area contributed by atoms with Crippen LogP contribution in [0.3, 0.4) is 0 Å². The number of carbonyl (C=O) groups is 1. The molecule has 148 valence electrons. The fourth-order valence-electron chi connectivity index (χ4n) is 2.98. The number of methoxy groups -OCH3 is 2. The van der Waals surface area contributed by atoms with E-state index in [-0.39, 0.29) is 23.8 Å². The Hall–Kier alpha value is -3.94. The van der Waals surface area contributed by atoms with Crippen LogP contribution in [-0.4, -0.2) is 31.3 Å². The van der Waals surface area contributed by atoms with Crippen LogP contribution in [-0.2, 0) is 11.2 Å². The summed E-state index contributed by atoms with van der Waals surface area (Å²) in [5.74, 6) is 0.100. The molecule has 0 fully saturated rings. The molecule has 3 rings (SSSR count). The molecule has 0 heterocycles. The van der Waals surface area contributed by atoms with Crippen LogP contribution < -0.4 is 14.9 Å². The van der Waals surface area contributed by atoms with Crippen LogP contribution >= 0.6 is 0 Å². The summed E-state index contributed by atoms with van der Waals surface area (Å²) >= 11 is 0. The number of hydrogen-bond donors (Lipinski definition) is 1. The van der Waals surface area contributed by atoms with Gasteiger partial charge in [-0.05, 0) is 16.3 Å². The zero-order chi connectivity index (χ0) is 20.8. The molecule has 0 aliphatic heterocycles. The summed E-state index contributed by atoms with van der Waals surface area (Å²) in [6, 6.07) is 16.3. The maximum absolute atomic E-state index is 12.3. The molecule has 1 N–H and O–H groups in total. The van der Waals surface area contributed by atoms with Gasteiger partial charge < -0.3 is 9.47 Å². The fourth-order valence-corrected chi connectivity index (χ4v) is 2.98. The van der Waals surface area contributed by atoms with Crippen molar-refractivity contribution in [3.63, 3.8) is 0 Å². The second-order valence-electron chi connectivity index (χ2n) is 6.13. The monoisotopic (exact) mass is 393 g/mol. The first-order valence-electron chi connectivity index (χ1n) is 8.72. The van der Waals surface area contributed by atoms with Crippen molar-refractivity contribution in [1.29, 1.82) is 0 Å². The minimum Gasteiger partial charge on any atom is -0.496 e. The third kappa shape index (κ3) is 4.49. The van der Waals surface area contributed by atoms with Crippen LogP contribution in [0, 0.1) is 10.1 Å². The molecule has 0 spiro atoms. The normalized spacial score (nSPS) is 10.8. The Morgan fingerprint density at radius 2 is 1.83 bits per heavy atom. The van der Waals surface area contributed by atoms with Gasteiger partial charge >= 0.3 is 5.69 Å². The molecule has 0 saturated carbocycles. The van der Waals surface area contributed by atoms with E-state index >= 15 is 0 Å². The van der Waals surface area contributed by atoms with Crippen LogP contribution in [0.25, 0.3) is 10.8 Å². The highest BCUT2D eigenvalue weighted by molar-refractivity contribution is 5.91. The number of nitrogens with zero attached hydrogens (tertiary/aromatic N) is 2. The highest BCUT2D eigenvalue weighted by Gasteiger charge is 2.19. The van der Waals surface area contributed by atoms with Crippen molar-refractivity contribution in [2.75, 3.05) is 14.2 Å². The number of carbonyl (C=O) groups excluding carboxylic acids is 1. The van der Waals surface area contributed by atoms with E-state index in [0.29, 0.717) is 11.3 Å². The largest absolute Gasteiger partial charge is 0.496 e. The number of ether oxygens (including phenoxy) is 2. The first kappa shape index (κ1) is 19.8. The third-order valence-corrected chi connectivity index (χ3v) is 4.35. The molecule has 29 heavy (non-hydrogen) atoms. The van der Waals surface area contributed by atoms with Gasteiger partial charge in [0.1, 0.15) is 5.75 Å². The number of fused-ring (bicyclic) bond motifs is 1. The van der Waals surface area contributed by atoms with Crippen molar-refractivity contribution >= 4 is 28.6 Å². The molecule has 0 bridgehead atoms. The van der Waals surface area contributed by atoms with Gasteiger partial charge in [-0.25, -0.2) is 5.43 Å². The number of hydrogen-bond acceptors (Lipinski definition) is 6. The van der Waals surface area contributed by atoms with E-state index in [4.69, 9.17) is 9.47 Å². The number of benzene rings is 3. The molecule has 8 heteroatoms. The van der Waals surface area contributed by atoms with Gasteiger partial charge in [0.05, 0.1) is 31.8 Å². The summed E-state index contributed by atoms with van der Waals surface area (Å²) in [5, 5.41) is 17.2. The summed E-state index contributed by atoms with van der Waals surface area (Å²) in [4.78, 5) is 22.9. The summed E-state index contributed by atoms with van der Waals surface area (Å²) in [6.07, 6.45) is 1.45. The average Bonchev–Trinajstić information content (AvgIpc) is 2.73. The SMILES string of the molecule is COc1cc(OC)c([N+](=O)[O-])cc1/C=N\NC(=O)Cc1cccc2ccccc12. The lowest BCUT2D eigenvalue weighted by Gasteiger charge is -2.08. The first-order valence-corrected chi connectivity index (χ1v) is 8.72. The van der Waals surface area contributed by atoms with E-state index in [2.05, 4.69) is 10.5 Å². The summed E-state index contributed by atoms with van der Waals surface area (Å²) in [7, 11) is 2.76. The van der Waals surface area contributed by atoms with Gasteiger partial charge in [0.15, 0.2) is 0 Å². The van der Waals surface area contributed by atoms with E-state index in [1.54, 1.807) is 0 Å². The van der Waals surface area contributed by atoms with Crippen molar-refractivity contribution in [2.24, 2.45) is 5.10 Å². The highest BCUT2D eigenvalue weighted by atomic mass is 16.6. The lowest BCUT2D eigenvalue weighted by molar-refractivity contribution is -0.385. The third-order valence-electron chi connectivity index (χ3n) is 4.35. The van der Waals surface area contributed by atoms with Gasteiger partial charge in [0.2, 0.25) is 11.7 Å². The predicted octanol–water partition coefficient (Wildman–Crippen LogP) is 3.46. The number of nitro benzene ring substituents is 1. The van der Waals surface area contributed by atoms with Crippen molar-refractivity contribution in [3.8, 4) is 11.5 Å². The molecule has 0 radical (unpaired) electrons. The predicted molar refractivity (Wildman–Crippen MR) is 110 cm³/mol. The molecular formula is C21H19N3O5. The number of amides is 1. The lowest BCUT2D eigenvalue weighted by Crippen LogP contribution is -2.20. The van der Waals surface area contributed by atoms with E-state index < -0.39 is 4.92 Å². The molecule has 8 nitrogen and oxygen atoms in total. The Morgan fingerprint density at radius 3 is 2.55 bits per heavy atom. The van der Waals surface area contributed by atoms with Gasteiger partial charge in [-0.15, -0.1) is 0 Å². The summed E-state index contributed by atoms with van der Waals surface area (Å²) in [6.45, 7) is 0. The van der Waals surface area contributed by atoms with E-state index in [0.717, 1.165) is 16.3 Å². The zero-order valence-electron chi connectivity index (χ0n) is 15.9. The molecule has 1 amide bonds. The standard InChI is InChI=1S/C21H19N3O5/c1-28-19-12-20(29-2)18(24(26)27)10-16(19)13-22-23-21(25)11-15-8-5-7-14-6-3-4-9-17(14)15/h3-10,12-13H,11H2,1-2H3,(H,23,25)/b22-13-. The molecule has 0 aliphatic rings. The number of hydrazone groups is 1. The number of nitro groups is 1.